The predicted molar refractivity (Wildman–Crippen MR) is 67.6 cm³/mol. The van der Waals surface area contributed by atoms with Gasteiger partial charge in [-0.1, -0.05) is 18.2 Å². The van der Waals surface area contributed by atoms with Gasteiger partial charge in [0.2, 0.25) is 0 Å². The van der Waals surface area contributed by atoms with Crippen molar-refractivity contribution in [1.29, 1.82) is 0 Å². The second-order valence-electron chi connectivity index (χ2n) is 3.07. The number of benzene rings is 1. The zero-order chi connectivity index (χ0) is 10.9. The van der Waals surface area contributed by atoms with Crippen molar-refractivity contribution in [1.82, 2.24) is 0 Å². The van der Waals surface area contributed by atoms with Gasteiger partial charge in [0, 0.05) is 22.2 Å². The number of rotatable bonds is 7. The van der Waals surface area contributed by atoms with Crippen molar-refractivity contribution in [2.45, 2.75) is 11.0 Å². The molecule has 1 unspecified atom stereocenters. The van der Waals surface area contributed by atoms with E-state index in [2.05, 4.69) is 12.1 Å². The fourth-order valence-corrected chi connectivity index (χ4v) is 2.94. The van der Waals surface area contributed by atoms with Gasteiger partial charge in [-0.25, -0.2) is 0 Å². The van der Waals surface area contributed by atoms with Crippen LogP contribution in [-0.2, 0) is 0 Å². The van der Waals surface area contributed by atoms with Gasteiger partial charge in [-0.3, -0.25) is 0 Å². The van der Waals surface area contributed by atoms with E-state index in [-0.39, 0.29) is 6.61 Å². The molecule has 0 saturated carbocycles. The van der Waals surface area contributed by atoms with Gasteiger partial charge in [0.05, 0.1) is 12.7 Å². The first-order valence-electron chi connectivity index (χ1n) is 4.87. The Bertz CT molecular complexity index is 254. The van der Waals surface area contributed by atoms with Crippen molar-refractivity contribution in [3.8, 4) is 0 Å². The van der Waals surface area contributed by atoms with E-state index in [0.717, 1.165) is 11.5 Å². The van der Waals surface area contributed by atoms with Gasteiger partial charge >= 0.3 is 0 Å². The van der Waals surface area contributed by atoms with Crippen LogP contribution in [0.25, 0.3) is 0 Å². The first-order chi connectivity index (χ1) is 7.33. The molecule has 0 amide bonds. The molecule has 84 valence electrons. The molecule has 0 saturated heterocycles. The maximum absolute atomic E-state index is 9.10. The highest BCUT2D eigenvalue weighted by Crippen LogP contribution is 2.18. The van der Waals surface area contributed by atoms with Crippen LogP contribution in [0.3, 0.4) is 0 Å². The first kappa shape index (κ1) is 12.9. The van der Waals surface area contributed by atoms with Crippen LogP contribution in [0.15, 0.2) is 35.2 Å². The summed E-state index contributed by atoms with van der Waals surface area (Å²) in [4.78, 5) is 1.28. The highest BCUT2D eigenvalue weighted by molar-refractivity contribution is 8.03. The Kier molecular flexibility index (Phi) is 6.92. The number of hydrogen-bond acceptors (Lipinski definition) is 4. The third-order valence-corrected chi connectivity index (χ3v) is 4.15. The molecule has 0 aliphatic heterocycles. The molecule has 0 fully saturated rings. The van der Waals surface area contributed by atoms with Crippen molar-refractivity contribution >= 4 is 23.5 Å². The molecule has 0 bridgehead atoms. The van der Waals surface area contributed by atoms with E-state index >= 15 is 0 Å². The molecule has 0 aliphatic carbocycles. The molecule has 0 heterocycles. The van der Waals surface area contributed by atoms with Crippen LogP contribution in [0.5, 0.6) is 0 Å². The van der Waals surface area contributed by atoms with Crippen LogP contribution in [0.1, 0.15) is 0 Å². The molecule has 1 aromatic rings. The van der Waals surface area contributed by atoms with E-state index in [0.29, 0.717) is 5.75 Å². The lowest BCUT2D eigenvalue weighted by Gasteiger charge is -2.06. The minimum atomic E-state index is -0.572. The highest BCUT2D eigenvalue weighted by atomic mass is 32.2. The molecule has 0 aliphatic rings. The standard InChI is InChI=1S/C11H16O2S2/c12-8-10(13)9-14-6-7-15-11-4-2-1-3-5-11/h1-5,10,12-13H,6-9H2. The summed E-state index contributed by atoms with van der Waals surface area (Å²) in [6.07, 6.45) is -0.572. The van der Waals surface area contributed by atoms with Crippen LogP contribution in [0.4, 0.5) is 0 Å². The topological polar surface area (TPSA) is 40.5 Å². The lowest BCUT2D eigenvalue weighted by molar-refractivity contribution is 0.113. The number of thioether (sulfide) groups is 2. The Hall–Kier alpha value is -0.160. The summed E-state index contributed by atoms with van der Waals surface area (Å²) in [5.74, 6) is 2.65. The average molecular weight is 244 g/mol. The molecule has 1 atom stereocenters. The van der Waals surface area contributed by atoms with Crippen LogP contribution in [-0.4, -0.2) is 40.2 Å². The zero-order valence-electron chi connectivity index (χ0n) is 8.50. The van der Waals surface area contributed by atoms with E-state index in [9.17, 15) is 0 Å². The third kappa shape index (κ3) is 6.10. The Balaban J connectivity index is 2.03. The third-order valence-electron chi connectivity index (χ3n) is 1.76. The molecule has 1 aromatic carbocycles. The molecule has 0 aromatic heterocycles. The number of hydrogen-bond donors (Lipinski definition) is 2. The molecule has 1 rings (SSSR count). The normalized spacial score (nSPS) is 12.7. The van der Waals surface area contributed by atoms with E-state index in [1.54, 1.807) is 11.8 Å². The highest BCUT2D eigenvalue weighted by Gasteiger charge is 2.01. The molecule has 0 spiro atoms. The van der Waals surface area contributed by atoms with Crippen molar-refractivity contribution in [3.05, 3.63) is 30.3 Å². The predicted octanol–water partition coefficient (Wildman–Crippen LogP) is 1.87. The smallest absolute Gasteiger partial charge is 0.0861 e. The van der Waals surface area contributed by atoms with E-state index in [1.165, 1.54) is 4.90 Å². The fourth-order valence-electron chi connectivity index (χ4n) is 1.01. The van der Waals surface area contributed by atoms with Crippen molar-refractivity contribution in [2.24, 2.45) is 0 Å². The summed E-state index contributed by atoms with van der Waals surface area (Å²) >= 11 is 3.49. The van der Waals surface area contributed by atoms with Crippen molar-refractivity contribution in [3.63, 3.8) is 0 Å². The van der Waals surface area contributed by atoms with Gasteiger partial charge in [0.1, 0.15) is 0 Å². The quantitative estimate of drug-likeness (QED) is 0.567. The first-order valence-corrected chi connectivity index (χ1v) is 7.01. The molecule has 4 heteroatoms. The summed E-state index contributed by atoms with van der Waals surface area (Å²) in [7, 11) is 0. The van der Waals surface area contributed by atoms with E-state index in [1.807, 2.05) is 30.0 Å². The molecule has 15 heavy (non-hydrogen) atoms. The summed E-state index contributed by atoms with van der Waals surface area (Å²) < 4.78 is 0. The largest absolute Gasteiger partial charge is 0.394 e. The van der Waals surface area contributed by atoms with Crippen LogP contribution < -0.4 is 0 Å². The molecule has 0 radical (unpaired) electrons. The Morgan fingerprint density at radius 2 is 1.87 bits per heavy atom. The van der Waals surface area contributed by atoms with Crippen LogP contribution in [0, 0.1) is 0 Å². The SMILES string of the molecule is OCC(O)CSCCSc1ccccc1. The molecule has 2 N–H and O–H groups in total. The number of aliphatic hydroxyl groups excluding tert-OH is 2. The zero-order valence-corrected chi connectivity index (χ0v) is 10.1. The van der Waals surface area contributed by atoms with E-state index in [4.69, 9.17) is 10.2 Å². The maximum Gasteiger partial charge on any atom is 0.0861 e. The molecule has 2 nitrogen and oxygen atoms in total. The van der Waals surface area contributed by atoms with Crippen LogP contribution in [0.2, 0.25) is 0 Å². The Morgan fingerprint density at radius 1 is 1.13 bits per heavy atom. The van der Waals surface area contributed by atoms with Crippen molar-refractivity contribution < 1.29 is 10.2 Å². The van der Waals surface area contributed by atoms with Crippen LogP contribution >= 0.6 is 23.5 Å². The second kappa shape index (κ2) is 8.05. The van der Waals surface area contributed by atoms with Gasteiger partial charge in [-0.2, -0.15) is 11.8 Å². The van der Waals surface area contributed by atoms with Gasteiger partial charge in [0.25, 0.3) is 0 Å². The van der Waals surface area contributed by atoms with Gasteiger partial charge in [-0.15, -0.1) is 11.8 Å². The fraction of sp³-hybridized carbons (Fsp3) is 0.455. The maximum atomic E-state index is 9.10. The van der Waals surface area contributed by atoms with Gasteiger partial charge in [-0.05, 0) is 12.1 Å². The average Bonchev–Trinajstić information content (AvgIpc) is 2.29. The second-order valence-corrected chi connectivity index (χ2v) is 5.39. The molecular formula is C11H16O2S2. The van der Waals surface area contributed by atoms with Gasteiger partial charge in [0.15, 0.2) is 0 Å². The summed E-state index contributed by atoms with van der Waals surface area (Å²) in [5.41, 5.74) is 0. The minimum Gasteiger partial charge on any atom is -0.394 e. The number of aliphatic hydroxyl groups is 2. The summed E-state index contributed by atoms with van der Waals surface area (Å²) in [5, 5.41) is 17.7. The monoisotopic (exact) mass is 244 g/mol. The van der Waals surface area contributed by atoms with Crippen molar-refractivity contribution in [2.75, 3.05) is 23.9 Å². The summed E-state index contributed by atoms with van der Waals surface area (Å²) in [6, 6.07) is 10.3. The van der Waals surface area contributed by atoms with Gasteiger partial charge < -0.3 is 10.2 Å². The lowest BCUT2D eigenvalue weighted by atomic mass is 10.4. The molecular weight excluding hydrogens is 228 g/mol. The summed E-state index contributed by atoms with van der Waals surface area (Å²) in [6.45, 7) is -0.140. The van der Waals surface area contributed by atoms with E-state index < -0.39 is 6.10 Å². The Morgan fingerprint density at radius 3 is 2.53 bits per heavy atom. The minimum absolute atomic E-state index is 0.140. The lowest BCUT2D eigenvalue weighted by Crippen LogP contribution is -2.15. The Labute approximate surface area is 99.1 Å².